The Kier molecular flexibility index (Phi) is 3.00. The maximum atomic E-state index is 12.2. The van der Waals surface area contributed by atoms with Gasteiger partial charge in [0.05, 0.1) is 30.0 Å². The summed E-state index contributed by atoms with van der Waals surface area (Å²) in [4.78, 5) is 2.49. The summed E-state index contributed by atoms with van der Waals surface area (Å²) in [6.45, 7) is 5.39. The van der Waals surface area contributed by atoms with Crippen LogP contribution in [-0.4, -0.2) is 76.2 Å². The Balaban J connectivity index is 1.52. The summed E-state index contributed by atoms with van der Waals surface area (Å²) in [5.74, 6) is 0.0688. The molecule has 2 unspecified atom stereocenters. The van der Waals surface area contributed by atoms with Crippen LogP contribution < -0.4 is 0 Å². The number of methoxy groups -OCH3 is 1. The Hall–Kier alpha value is -0.240. The third-order valence-electron chi connectivity index (χ3n) is 11.1. The van der Waals surface area contributed by atoms with Gasteiger partial charge in [0.25, 0.3) is 0 Å². The zero-order valence-corrected chi connectivity index (χ0v) is 17.0. The molecule has 9 aliphatic rings. The molecule has 4 aliphatic heterocycles. The summed E-state index contributed by atoms with van der Waals surface area (Å²) >= 11 is 0. The smallest absolute Gasteiger partial charge is 0.117 e. The highest BCUT2D eigenvalue weighted by Gasteiger charge is 2.89. The molecule has 9 rings (SSSR count). The summed E-state index contributed by atoms with van der Waals surface area (Å²) in [7, 11) is 1.70. The van der Waals surface area contributed by atoms with Crippen LogP contribution in [0.3, 0.4) is 0 Å². The lowest BCUT2D eigenvalue weighted by Gasteiger charge is -2.75. The van der Waals surface area contributed by atoms with Crippen LogP contribution in [0.4, 0.5) is 0 Å². The number of aliphatic hydroxyl groups excluding tert-OH is 2. The molecular weight excluding hydrogens is 358 g/mol. The number of nitrogens with zero attached hydrogens (tertiary/aromatic N) is 1. The standard InChI is InChI=1S/C22H33NO5/c1-4-23-18-14-16(25)17-20(2)6-5-12(28-19(20)23)22(17,18)10-7-9-11(27-3)8-21(14,26)13(10)15(9)24/h9-19,24-26H,4-8H2,1-3H3/t9-,10-,11+,12+,13-,14+,15+,16-,17-,18?,19?,20-,21-,22+/m1/s1. The first-order valence-electron chi connectivity index (χ1n) is 11.4. The molecule has 14 atom stereocenters. The van der Waals surface area contributed by atoms with E-state index in [9.17, 15) is 15.3 Å². The first-order chi connectivity index (χ1) is 13.4. The zero-order chi connectivity index (χ0) is 19.4. The van der Waals surface area contributed by atoms with E-state index in [1.165, 1.54) is 0 Å². The molecule has 0 radical (unpaired) electrons. The van der Waals surface area contributed by atoms with Crippen molar-refractivity contribution in [1.82, 2.24) is 4.90 Å². The van der Waals surface area contributed by atoms with Gasteiger partial charge in [-0.3, -0.25) is 4.90 Å². The van der Waals surface area contributed by atoms with E-state index >= 15 is 0 Å². The average Bonchev–Trinajstić information content (AvgIpc) is 3.08. The zero-order valence-electron chi connectivity index (χ0n) is 17.0. The lowest BCUT2D eigenvalue weighted by atomic mass is 9.41. The predicted octanol–water partition coefficient (Wildman–Crippen LogP) is 0.585. The number of piperidine rings is 1. The Bertz CT molecular complexity index is 748. The van der Waals surface area contributed by atoms with Crippen molar-refractivity contribution in [2.45, 2.75) is 81.8 Å². The van der Waals surface area contributed by atoms with Gasteiger partial charge in [-0.1, -0.05) is 13.8 Å². The van der Waals surface area contributed by atoms with E-state index in [0.717, 1.165) is 25.8 Å². The molecule has 6 nitrogen and oxygen atoms in total. The lowest BCUT2D eigenvalue weighted by molar-refractivity contribution is -0.392. The molecule has 5 saturated carbocycles. The minimum Gasteiger partial charge on any atom is -0.392 e. The fraction of sp³-hybridized carbons (Fsp3) is 1.00. The number of fused-ring (bicyclic) bond motifs is 3. The third kappa shape index (κ3) is 1.39. The van der Waals surface area contributed by atoms with Gasteiger partial charge in [-0.05, 0) is 31.7 Å². The van der Waals surface area contributed by atoms with Gasteiger partial charge < -0.3 is 24.8 Å². The Morgan fingerprint density at radius 2 is 2.00 bits per heavy atom. The van der Waals surface area contributed by atoms with Crippen molar-refractivity contribution in [2.24, 2.45) is 40.4 Å². The van der Waals surface area contributed by atoms with Crippen molar-refractivity contribution in [1.29, 1.82) is 0 Å². The molecule has 9 bridgehead atoms. The highest BCUT2D eigenvalue weighted by Crippen LogP contribution is 2.82. The molecule has 4 saturated heterocycles. The molecule has 0 amide bonds. The fourth-order valence-corrected chi connectivity index (χ4v) is 10.7. The van der Waals surface area contributed by atoms with Crippen LogP contribution in [0.15, 0.2) is 0 Å². The van der Waals surface area contributed by atoms with Gasteiger partial charge in [-0.15, -0.1) is 0 Å². The van der Waals surface area contributed by atoms with Crippen molar-refractivity contribution in [3.63, 3.8) is 0 Å². The van der Waals surface area contributed by atoms with Crippen LogP contribution in [0.1, 0.15) is 39.5 Å². The molecule has 1 spiro atoms. The summed E-state index contributed by atoms with van der Waals surface area (Å²) in [6, 6.07) is 0.155. The molecule has 3 N–H and O–H groups in total. The van der Waals surface area contributed by atoms with Crippen molar-refractivity contribution >= 4 is 0 Å². The summed E-state index contributed by atoms with van der Waals surface area (Å²) in [6.07, 6.45) is 2.56. The van der Waals surface area contributed by atoms with E-state index in [4.69, 9.17) is 9.47 Å². The molecule has 0 aromatic rings. The van der Waals surface area contributed by atoms with Gasteiger partial charge >= 0.3 is 0 Å². The Morgan fingerprint density at radius 3 is 2.71 bits per heavy atom. The van der Waals surface area contributed by atoms with Gasteiger partial charge in [-0.25, -0.2) is 0 Å². The summed E-state index contributed by atoms with van der Waals surface area (Å²) in [5.41, 5.74) is -1.28. The highest BCUT2D eigenvalue weighted by atomic mass is 16.5. The highest BCUT2D eigenvalue weighted by molar-refractivity contribution is 5.37. The molecular formula is C22H33NO5. The lowest BCUT2D eigenvalue weighted by Crippen LogP contribution is -2.82. The minimum atomic E-state index is -1.06. The molecule has 156 valence electrons. The normalized spacial score (nSPS) is 70.7. The molecule has 4 heterocycles. The van der Waals surface area contributed by atoms with E-state index < -0.39 is 17.8 Å². The van der Waals surface area contributed by atoms with E-state index in [0.29, 0.717) is 6.42 Å². The van der Waals surface area contributed by atoms with E-state index in [-0.39, 0.29) is 64.9 Å². The Morgan fingerprint density at radius 1 is 1.21 bits per heavy atom. The topological polar surface area (TPSA) is 82.4 Å². The molecule has 9 fully saturated rings. The first kappa shape index (κ1) is 17.4. The van der Waals surface area contributed by atoms with Crippen LogP contribution in [0.25, 0.3) is 0 Å². The van der Waals surface area contributed by atoms with Crippen LogP contribution >= 0.6 is 0 Å². The molecule has 0 aromatic carbocycles. The van der Waals surface area contributed by atoms with Gasteiger partial charge in [0.15, 0.2) is 0 Å². The number of aliphatic hydroxyl groups is 3. The van der Waals surface area contributed by atoms with Crippen molar-refractivity contribution in [3.05, 3.63) is 0 Å². The quantitative estimate of drug-likeness (QED) is 0.639. The monoisotopic (exact) mass is 391 g/mol. The van der Waals surface area contributed by atoms with Crippen molar-refractivity contribution in [3.8, 4) is 0 Å². The second-order valence-corrected chi connectivity index (χ2v) is 11.3. The van der Waals surface area contributed by atoms with Crippen LogP contribution in [0.2, 0.25) is 0 Å². The minimum absolute atomic E-state index is 0.0506. The number of ether oxygens (including phenoxy) is 2. The largest absolute Gasteiger partial charge is 0.392 e. The SMILES string of the molecule is CCN1C2[C@@H]3[C@@H](O)[C@H]4[C@@]2([C@@H]2CC[C@@]4(C)C1O2)[C@@H]1C[C@H]2[C@H](O)[C@@H]1[C@]3(O)C[C@@H]2OC. The first-order valence-corrected chi connectivity index (χ1v) is 11.4. The Labute approximate surface area is 166 Å². The predicted molar refractivity (Wildman–Crippen MR) is 99.0 cm³/mol. The van der Waals surface area contributed by atoms with Gasteiger partial charge in [0.1, 0.15) is 6.23 Å². The van der Waals surface area contributed by atoms with Gasteiger partial charge in [0.2, 0.25) is 0 Å². The maximum absolute atomic E-state index is 12.2. The molecule has 0 aromatic heterocycles. The number of rotatable bonds is 2. The van der Waals surface area contributed by atoms with E-state index in [1.54, 1.807) is 7.11 Å². The maximum Gasteiger partial charge on any atom is 0.117 e. The number of hydrogen-bond donors (Lipinski definition) is 3. The molecule has 6 heteroatoms. The van der Waals surface area contributed by atoms with Gasteiger partial charge in [-0.2, -0.15) is 0 Å². The van der Waals surface area contributed by atoms with Crippen molar-refractivity contribution in [2.75, 3.05) is 13.7 Å². The third-order valence-corrected chi connectivity index (χ3v) is 11.1. The molecule has 5 aliphatic carbocycles. The number of hydrogen-bond acceptors (Lipinski definition) is 6. The van der Waals surface area contributed by atoms with E-state index in [2.05, 4.69) is 18.7 Å². The van der Waals surface area contributed by atoms with Crippen LogP contribution in [0, 0.1) is 40.4 Å². The fourth-order valence-electron chi connectivity index (χ4n) is 10.7. The van der Waals surface area contributed by atoms with Crippen molar-refractivity contribution < 1.29 is 24.8 Å². The van der Waals surface area contributed by atoms with Gasteiger partial charge in [0, 0.05) is 54.1 Å². The van der Waals surface area contributed by atoms with E-state index in [1.807, 2.05) is 0 Å². The second kappa shape index (κ2) is 4.81. The second-order valence-electron chi connectivity index (χ2n) is 11.3. The van der Waals surface area contributed by atoms with Crippen LogP contribution in [0.5, 0.6) is 0 Å². The summed E-state index contributed by atoms with van der Waals surface area (Å²) < 4.78 is 12.5. The summed E-state index contributed by atoms with van der Waals surface area (Å²) in [5, 5.41) is 35.3. The average molecular weight is 392 g/mol. The molecule has 28 heavy (non-hydrogen) atoms. The van der Waals surface area contributed by atoms with Crippen LogP contribution in [-0.2, 0) is 9.47 Å².